The van der Waals surface area contributed by atoms with Gasteiger partial charge >= 0.3 is 5.97 Å². The van der Waals surface area contributed by atoms with Gasteiger partial charge in [-0.3, -0.25) is 4.79 Å². The fourth-order valence-corrected chi connectivity index (χ4v) is 3.66. The SMILES string of the molecule is Cc1cc(Br)c(O)c(C(=O)OCC(=O)N2C(C)CCCC2C)c1. The molecule has 0 bridgehead atoms. The summed E-state index contributed by atoms with van der Waals surface area (Å²) in [5, 5.41) is 9.95. The number of ether oxygens (including phenoxy) is 1. The number of halogens is 1. The van der Waals surface area contributed by atoms with Gasteiger partial charge in [0.1, 0.15) is 11.3 Å². The molecule has 2 rings (SSSR count). The Morgan fingerprint density at radius 3 is 2.52 bits per heavy atom. The van der Waals surface area contributed by atoms with E-state index in [2.05, 4.69) is 15.9 Å². The Bertz CT molecular complexity index is 607. The van der Waals surface area contributed by atoms with E-state index >= 15 is 0 Å². The number of rotatable bonds is 3. The molecule has 0 spiro atoms. The molecular weight excluding hydrogens is 362 g/mol. The number of carbonyl (C=O) groups excluding carboxylic acids is 2. The van der Waals surface area contributed by atoms with Crippen LogP contribution in [0.1, 0.15) is 49.0 Å². The molecule has 0 aliphatic carbocycles. The second-order valence-electron chi connectivity index (χ2n) is 6.15. The van der Waals surface area contributed by atoms with Gasteiger partial charge in [0.25, 0.3) is 5.91 Å². The second kappa shape index (κ2) is 7.34. The van der Waals surface area contributed by atoms with Gasteiger partial charge in [0, 0.05) is 12.1 Å². The van der Waals surface area contributed by atoms with Gasteiger partial charge in [-0.2, -0.15) is 0 Å². The Kier molecular flexibility index (Phi) is 5.68. The third-order valence-electron chi connectivity index (χ3n) is 4.24. The second-order valence-corrected chi connectivity index (χ2v) is 7.00. The quantitative estimate of drug-likeness (QED) is 0.812. The molecule has 0 radical (unpaired) electrons. The van der Waals surface area contributed by atoms with E-state index in [1.165, 1.54) is 0 Å². The van der Waals surface area contributed by atoms with Gasteiger partial charge < -0.3 is 14.7 Å². The molecule has 6 heteroatoms. The first-order valence-electron chi connectivity index (χ1n) is 7.78. The van der Waals surface area contributed by atoms with Gasteiger partial charge in [-0.05, 0) is 73.7 Å². The third kappa shape index (κ3) is 4.05. The van der Waals surface area contributed by atoms with Crippen LogP contribution in [-0.2, 0) is 9.53 Å². The van der Waals surface area contributed by atoms with Crippen LogP contribution in [0.4, 0.5) is 0 Å². The largest absolute Gasteiger partial charge is 0.506 e. The van der Waals surface area contributed by atoms with Crippen LogP contribution in [0.3, 0.4) is 0 Å². The number of carbonyl (C=O) groups is 2. The van der Waals surface area contributed by atoms with Gasteiger partial charge in [-0.25, -0.2) is 4.79 Å². The van der Waals surface area contributed by atoms with Crippen LogP contribution in [-0.4, -0.2) is 40.6 Å². The number of benzene rings is 1. The first kappa shape index (κ1) is 17.8. The summed E-state index contributed by atoms with van der Waals surface area (Å²) in [6.07, 6.45) is 3.04. The summed E-state index contributed by atoms with van der Waals surface area (Å²) in [4.78, 5) is 26.3. The highest BCUT2D eigenvalue weighted by molar-refractivity contribution is 9.10. The van der Waals surface area contributed by atoms with Crippen LogP contribution in [0.15, 0.2) is 16.6 Å². The molecule has 1 aromatic carbocycles. The molecule has 5 nitrogen and oxygen atoms in total. The van der Waals surface area contributed by atoms with Crippen LogP contribution < -0.4 is 0 Å². The molecule has 0 aromatic heterocycles. The van der Waals surface area contributed by atoms with Gasteiger partial charge in [0.05, 0.1) is 4.47 Å². The zero-order valence-corrected chi connectivity index (χ0v) is 15.2. The molecule has 1 heterocycles. The Labute approximate surface area is 144 Å². The molecule has 1 aliphatic rings. The molecule has 1 amide bonds. The monoisotopic (exact) mass is 383 g/mol. The zero-order valence-electron chi connectivity index (χ0n) is 13.6. The number of amides is 1. The van der Waals surface area contributed by atoms with Crippen LogP contribution in [0.25, 0.3) is 0 Å². The van der Waals surface area contributed by atoms with Crippen LogP contribution in [0.2, 0.25) is 0 Å². The minimum atomic E-state index is -0.697. The van der Waals surface area contributed by atoms with E-state index in [0.29, 0.717) is 4.47 Å². The lowest BCUT2D eigenvalue weighted by Crippen LogP contribution is -2.49. The summed E-state index contributed by atoms with van der Waals surface area (Å²) < 4.78 is 5.54. The lowest BCUT2D eigenvalue weighted by molar-refractivity contribution is -0.140. The number of phenolic OH excluding ortho intramolecular Hbond substituents is 1. The van der Waals surface area contributed by atoms with Gasteiger partial charge in [0.15, 0.2) is 6.61 Å². The maximum absolute atomic E-state index is 12.4. The summed E-state index contributed by atoms with van der Waals surface area (Å²) >= 11 is 3.19. The van der Waals surface area contributed by atoms with Crippen molar-refractivity contribution in [3.63, 3.8) is 0 Å². The molecule has 2 unspecified atom stereocenters. The van der Waals surface area contributed by atoms with Gasteiger partial charge in [-0.15, -0.1) is 0 Å². The highest BCUT2D eigenvalue weighted by Crippen LogP contribution is 2.30. The molecule has 23 heavy (non-hydrogen) atoms. The van der Waals surface area contributed by atoms with Crippen molar-refractivity contribution < 1.29 is 19.4 Å². The van der Waals surface area contributed by atoms with Crippen LogP contribution in [0, 0.1) is 6.92 Å². The lowest BCUT2D eigenvalue weighted by Gasteiger charge is -2.38. The molecule has 1 N–H and O–H groups in total. The van der Waals surface area contributed by atoms with Crippen molar-refractivity contribution in [2.45, 2.75) is 52.1 Å². The molecule has 0 saturated carbocycles. The lowest BCUT2D eigenvalue weighted by atomic mass is 9.97. The maximum Gasteiger partial charge on any atom is 0.342 e. The zero-order chi connectivity index (χ0) is 17.1. The van der Waals surface area contributed by atoms with Crippen LogP contribution >= 0.6 is 15.9 Å². The summed E-state index contributed by atoms with van der Waals surface area (Å²) in [5.74, 6) is -1.06. The molecule has 2 atom stereocenters. The number of esters is 1. The highest BCUT2D eigenvalue weighted by Gasteiger charge is 2.29. The minimum absolute atomic E-state index is 0.0596. The number of hydrogen-bond acceptors (Lipinski definition) is 4. The summed E-state index contributed by atoms with van der Waals surface area (Å²) in [6, 6.07) is 3.56. The molecular formula is C17H22BrNO4. The smallest absolute Gasteiger partial charge is 0.342 e. The third-order valence-corrected chi connectivity index (χ3v) is 4.84. The number of aryl methyl sites for hydroxylation is 1. The van der Waals surface area contributed by atoms with Crippen molar-refractivity contribution >= 4 is 27.8 Å². The Morgan fingerprint density at radius 1 is 1.30 bits per heavy atom. The number of aromatic hydroxyl groups is 1. The highest BCUT2D eigenvalue weighted by atomic mass is 79.9. The van der Waals surface area contributed by atoms with E-state index < -0.39 is 5.97 Å². The first-order valence-corrected chi connectivity index (χ1v) is 8.58. The first-order chi connectivity index (χ1) is 10.8. The van der Waals surface area contributed by atoms with Crippen molar-refractivity contribution in [2.24, 2.45) is 0 Å². The van der Waals surface area contributed by atoms with Gasteiger partial charge in [0.2, 0.25) is 0 Å². The number of nitrogens with zero attached hydrogens (tertiary/aromatic N) is 1. The van der Waals surface area contributed by atoms with Crippen molar-refractivity contribution in [1.29, 1.82) is 0 Å². The average Bonchev–Trinajstić information content (AvgIpc) is 2.48. The summed E-state index contributed by atoms with van der Waals surface area (Å²) in [7, 11) is 0. The number of phenols is 1. The topological polar surface area (TPSA) is 66.8 Å². The molecule has 1 fully saturated rings. The maximum atomic E-state index is 12.4. The number of piperidine rings is 1. The summed E-state index contributed by atoms with van der Waals surface area (Å²) in [5.41, 5.74) is 0.871. The molecule has 1 aliphatic heterocycles. The van der Waals surface area contributed by atoms with Crippen molar-refractivity contribution in [3.8, 4) is 5.75 Å². The molecule has 126 valence electrons. The standard InChI is InChI=1S/C17H22BrNO4/c1-10-7-13(16(21)14(18)8-10)17(22)23-9-15(20)19-11(2)5-4-6-12(19)3/h7-8,11-12,21H,4-6,9H2,1-3H3. The predicted octanol–water partition coefficient (Wildman–Crippen LogP) is 3.41. The minimum Gasteiger partial charge on any atom is -0.506 e. The Hall–Kier alpha value is -1.56. The van der Waals surface area contributed by atoms with E-state index in [1.807, 2.05) is 20.8 Å². The van der Waals surface area contributed by atoms with Crippen LogP contribution in [0.5, 0.6) is 5.75 Å². The predicted molar refractivity (Wildman–Crippen MR) is 90.4 cm³/mol. The van der Waals surface area contributed by atoms with E-state index in [1.54, 1.807) is 17.0 Å². The number of hydrogen-bond donors (Lipinski definition) is 1. The van der Waals surface area contributed by atoms with E-state index in [9.17, 15) is 14.7 Å². The van der Waals surface area contributed by atoms with Crippen molar-refractivity contribution in [1.82, 2.24) is 4.90 Å². The normalized spacial score (nSPS) is 21.1. The molecule has 1 aromatic rings. The summed E-state index contributed by atoms with van der Waals surface area (Å²) in [6.45, 7) is 5.53. The fourth-order valence-electron chi connectivity index (χ4n) is 3.08. The number of likely N-dealkylation sites (tertiary alicyclic amines) is 1. The van der Waals surface area contributed by atoms with Crippen molar-refractivity contribution in [3.05, 3.63) is 27.7 Å². The van der Waals surface area contributed by atoms with Crippen molar-refractivity contribution in [2.75, 3.05) is 6.61 Å². The average molecular weight is 384 g/mol. The molecule has 1 saturated heterocycles. The van der Waals surface area contributed by atoms with E-state index in [4.69, 9.17) is 4.74 Å². The van der Waals surface area contributed by atoms with E-state index in [-0.39, 0.29) is 35.9 Å². The Balaban J connectivity index is 2.03. The van der Waals surface area contributed by atoms with Gasteiger partial charge in [-0.1, -0.05) is 0 Å². The fraction of sp³-hybridized carbons (Fsp3) is 0.529. The van der Waals surface area contributed by atoms with E-state index in [0.717, 1.165) is 24.8 Å². The Morgan fingerprint density at radius 2 is 1.91 bits per heavy atom.